The second kappa shape index (κ2) is 5.53. The highest BCUT2D eigenvalue weighted by Gasteiger charge is 2.29. The third-order valence-electron chi connectivity index (χ3n) is 4.14. The molecule has 0 aliphatic heterocycles. The third-order valence-corrected chi connectivity index (χ3v) is 4.14. The molecule has 0 unspecified atom stereocenters. The second-order valence-corrected chi connectivity index (χ2v) is 6.31. The predicted octanol–water partition coefficient (Wildman–Crippen LogP) is 2.93. The van der Waals surface area contributed by atoms with Crippen LogP contribution in [0.1, 0.15) is 24.1 Å². The fraction of sp³-hybridized carbons (Fsp3) is 0.471. The minimum atomic E-state index is 0.163. The third kappa shape index (κ3) is 3.10. The molecule has 21 heavy (non-hydrogen) atoms. The summed E-state index contributed by atoms with van der Waals surface area (Å²) in [6, 6.07) is 6.14. The number of nitrogens with one attached hydrogen (secondary N) is 2. The molecule has 0 bridgehead atoms. The molecule has 1 heterocycles. The Bertz CT molecular complexity index is 668. The molecule has 4 nitrogen and oxygen atoms in total. The van der Waals surface area contributed by atoms with E-state index in [1.165, 1.54) is 16.6 Å². The van der Waals surface area contributed by atoms with Crippen LogP contribution in [0.5, 0.6) is 0 Å². The number of rotatable bonds is 5. The summed E-state index contributed by atoms with van der Waals surface area (Å²) >= 11 is 0. The van der Waals surface area contributed by atoms with E-state index in [0.717, 1.165) is 37.0 Å². The average molecular weight is 285 g/mol. The number of carbonyl (C=O) groups excluding carboxylic acids is 1. The van der Waals surface area contributed by atoms with Crippen molar-refractivity contribution in [3.8, 4) is 0 Å². The minimum Gasteiger partial charge on any atom is -0.358 e. The zero-order valence-electron chi connectivity index (χ0n) is 13.0. The summed E-state index contributed by atoms with van der Waals surface area (Å²) < 4.78 is 0. The number of aryl methyl sites for hydroxylation is 1. The quantitative estimate of drug-likeness (QED) is 0.887. The molecule has 112 valence electrons. The van der Waals surface area contributed by atoms with Gasteiger partial charge in [-0.1, -0.05) is 0 Å². The molecular weight excluding hydrogens is 262 g/mol. The maximum Gasteiger partial charge on any atom is 0.227 e. The number of carbonyl (C=O) groups is 1. The van der Waals surface area contributed by atoms with E-state index in [0.29, 0.717) is 0 Å². The van der Waals surface area contributed by atoms with Crippen molar-refractivity contribution in [2.24, 2.45) is 5.92 Å². The zero-order chi connectivity index (χ0) is 15.0. The number of likely N-dealkylation sites (N-methyl/N-ethyl adjacent to an activating group) is 1. The van der Waals surface area contributed by atoms with E-state index in [2.05, 4.69) is 48.4 Å². The SMILES string of the molecule is Cc1[nH]c2ccc(NC(=O)C3CC3)cc2c1CCN(C)C. The molecule has 1 aromatic carbocycles. The molecule has 1 saturated carbocycles. The monoisotopic (exact) mass is 285 g/mol. The van der Waals surface area contributed by atoms with Crippen molar-refractivity contribution < 1.29 is 4.79 Å². The van der Waals surface area contributed by atoms with Crippen molar-refractivity contribution in [1.82, 2.24) is 9.88 Å². The van der Waals surface area contributed by atoms with E-state index < -0.39 is 0 Å². The normalized spacial score (nSPS) is 14.9. The lowest BCUT2D eigenvalue weighted by atomic mass is 10.1. The first-order chi connectivity index (χ1) is 10.0. The number of hydrogen-bond donors (Lipinski definition) is 2. The van der Waals surface area contributed by atoms with Gasteiger partial charge in [0.05, 0.1) is 0 Å². The summed E-state index contributed by atoms with van der Waals surface area (Å²) in [7, 11) is 4.18. The fourth-order valence-corrected chi connectivity index (χ4v) is 2.71. The van der Waals surface area contributed by atoms with Gasteiger partial charge in [-0.25, -0.2) is 0 Å². The lowest BCUT2D eigenvalue weighted by Gasteiger charge is -2.10. The van der Waals surface area contributed by atoms with Crippen LogP contribution in [0.4, 0.5) is 5.69 Å². The Hall–Kier alpha value is -1.81. The van der Waals surface area contributed by atoms with Crippen molar-refractivity contribution >= 4 is 22.5 Å². The van der Waals surface area contributed by atoms with Crippen LogP contribution >= 0.6 is 0 Å². The van der Waals surface area contributed by atoms with Gasteiger partial charge in [0.15, 0.2) is 0 Å². The van der Waals surface area contributed by atoms with Crippen LogP contribution in [-0.4, -0.2) is 36.4 Å². The highest BCUT2D eigenvalue weighted by molar-refractivity contribution is 5.97. The van der Waals surface area contributed by atoms with Gasteiger partial charge in [0.1, 0.15) is 0 Å². The summed E-state index contributed by atoms with van der Waals surface area (Å²) in [5, 5.41) is 4.26. The van der Waals surface area contributed by atoms with Crippen molar-refractivity contribution in [2.45, 2.75) is 26.2 Å². The molecule has 0 spiro atoms. The lowest BCUT2D eigenvalue weighted by molar-refractivity contribution is -0.117. The molecular formula is C17H23N3O. The van der Waals surface area contributed by atoms with E-state index in [1.54, 1.807) is 0 Å². The summed E-state index contributed by atoms with van der Waals surface area (Å²) in [4.78, 5) is 17.5. The first kappa shape index (κ1) is 14.1. The zero-order valence-corrected chi connectivity index (χ0v) is 13.0. The van der Waals surface area contributed by atoms with E-state index in [-0.39, 0.29) is 11.8 Å². The van der Waals surface area contributed by atoms with Crippen LogP contribution in [-0.2, 0) is 11.2 Å². The van der Waals surface area contributed by atoms with Gasteiger partial charge in [-0.15, -0.1) is 0 Å². The Morgan fingerprint density at radius 1 is 1.38 bits per heavy atom. The molecule has 0 radical (unpaired) electrons. The highest BCUT2D eigenvalue weighted by atomic mass is 16.2. The number of hydrogen-bond acceptors (Lipinski definition) is 2. The number of fused-ring (bicyclic) bond motifs is 1. The van der Waals surface area contributed by atoms with Crippen LogP contribution in [0, 0.1) is 12.8 Å². The molecule has 2 aromatic rings. The number of benzene rings is 1. The van der Waals surface area contributed by atoms with Crippen LogP contribution in [0.15, 0.2) is 18.2 Å². The van der Waals surface area contributed by atoms with Gasteiger partial charge in [0.25, 0.3) is 0 Å². The van der Waals surface area contributed by atoms with Crippen molar-refractivity contribution in [3.63, 3.8) is 0 Å². The van der Waals surface area contributed by atoms with Crippen LogP contribution in [0.3, 0.4) is 0 Å². The summed E-state index contributed by atoms with van der Waals surface area (Å²) in [5.41, 5.74) is 4.62. The number of H-pyrrole nitrogens is 1. The van der Waals surface area contributed by atoms with E-state index in [1.807, 2.05) is 6.07 Å². The van der Waals surface area contributed by atoms with Crippen molar-refractivity contribution in [2.75, 3.05) is 26.0 Å². The molecule has 1 amide bonds. The molecule has 0 saturated heterocycles. The standard InChI is InChI=1S/C17H23N3O/c1-11-14(8-9-20(2)3)15-10-13(6-7-16(15)18-11)19-17(21)12-4-5-12/h6-7,10,12,18H,4-5,8-9H2,1-3H3,(H,19,21). The molecule has 1 fully saturated rings. The Morgan fingerprint density at radius 3 is 2.81 bits per heavy atom. The minimum absolute atomic E-state index is 0.163. The molecule has 1 aromatic heterocycles. The number of nitrogens with zero attached hydrogens (tertiary/aromatic N) is 1. The maximum absolute atomic E-state index is 11.9. The Kier molecular flexibility index (Phi) is 3.72. The van der Waals surface area contributed by atoms with Gasteiger partial charge >= 0.3 is 0 Å². The van der Waals surface area contributed by atoms with Gasteiger partial charge in [0, 0.05) is 34.7 Å². The van der Waals surface area contributed by atoms with E-state index in [4.69, 9.17) is 0 Å². The summed E-state index contributed by atoms with van der Waals surface area (Å²) in [6.45, 7) is 3.14. The van der Waals surface area contributed by atoms with Gasteiger partial charge in [0.2, 0.25) is 5.91 Å². The fourth-order valence-electron chi connectivity index (χ4n) is 2.71. The first-order valence-corrected chi connectivity index (χ1v) is 7.61. The Labute approximate surface area is 125 Å². The summed E-state index contributed by atoms with van der Waals surface area (Å²) in [6.07, 6.45) is 3.08. The number of anilines is 1. The van der Waals surface area contributed by atoms with Crippen molar-refractivity contribution in [1.29, 1.82) is 0 Å². The topological polar surface area (TPSA) is 48.1 Å². The average Bonchev–Trinajstić information content (AvgIpc) is 3.21. The van der Waals surface area contributed by atoms with Crippen LogP contribution in [0.2, 0.25) is 0 Å². The van der Waals surface area contributed by atoms with Crippen LogP contribution < -0.4 is 5.32 Å². The highest BCUT2D eigenvalue weighted by Crippen LogP contribution is 2.31. The largest absolute Gasteiger partial charge is 0.358 e. The molecule has 1 aliphatic rings. The van der Waals surface area contributed by atoms with Gasteiger partial charge < -0.3 is 15.2 Å². The van der Waals surface area contributed by atoms with Gasteiger partial charge in [-0.2, -0.15) is 0 Å². The number of aromatic nitrogens is 1. The molecule has 0 atom stereocenters. The Morgan fingerprint density at radius 2 is 2.14 bits per heavy atom. The maximum atomic E-state index is 11.9. The molecule has 2 N–H and O–H groups in total. The van der Waals surface area contributed by atoms with E-state index in [9.17, 15) is 4.79 Å². The second-order valence-electron chi connectivity index (χ2n) is 6.31. The smallest absolute Gasteiger partial charge is 0.227 e. The first-order valence-electron chi connectivity index (χ1n) is 7.61. The predicted molar refractivity (Wildman–Crippen MR) is 86.6 cm³/mol. The summed E-state index contributed by atoms with van der Waals surface area (Å²) in [5.74, 6) is 0.401. The van der Waals surface area contributed by atoms with Gasteiger partial charge in [-0.3, -0.25) is 4.79 Å². The number of amides is 1. The van der Waals surface area contributed by atoms with E-state index >= 15 is 0 Å². The number of aromatic amines is 1. The Balaban J connectivity index is 1.87. The van der Waals surface area contributed by atoms with Crippen LogP contribution in [0.25, 0.3) is 10.9 Å². The molecule has 3 rings (SSSR count). The molecule has 4 heteroatoms. The van der Waals surface area contributed by atoms with Crippen molar-refractivity contribution in [3.05, 3.63) is 29.5 Å². The lowest BCUT2D eigenvalue weighted by Crippen LogP contribution is -2.15. The van der Waals surface area contributed by atoms with Gasteiger partial charge in [-0.05, 0) is 64.0 Å². The molecule has 1 aliphatic carbocycles.